The molecule has 0 spiro atoms. The van der Waals surface area contributed by atoms with Crippen LogP contribution in [0.15, 0.2) is 42.0 Å². The fraction of sp³-hybridized carbons (Fsp3) is 0.407. The van der Waals surface area contributed by atoms with Crippen LogP contribution in [0.3, 0.4) is 0 Å². The van der Waals surface area contributed by atoms with Crippen molar-refractivity contribution < 1.29 is 65.0 Å². The first-order chi connectivity index (χ1) is 19.4. The smallest absolute Gasteiger partial charge is 0.211 e. The quantitative estimate of drug-likeness (QED) is 0.128. The van der Waals surface area contributed by atoms with Crippen LogP contribution in [0.25, 0.3) is 11.8 Å². The zero-order valence-electron chi connectivity index (χ0n) is 21.2. The molecule has 0 radical (unpaired) electrons. The van der Waals surface area contributed by atoms with Gasteiger partial charge >= 0.3 is 0 Å². The average Bonchev–Trinajstić information content (AvgIpc) is 3.54. The minimum atomic E-state index is -3.01. The Morgan fingerprint density at radius 2 is 1.71 bits per heavy atom. The van der Waals surface area contributed by atoms with E-state index in [-0.39, 0.29) is 23.6 Å². The summed E-state index contributed by atoms with van der Waals surface area (Å²) in [5.74, 6) is -3.39. The molecular weight excluding hydrogens is 546 g/mol. The molecule has 0 unspecified atom stereocenters. The van der Waals surface area contributed by atoms with Crippen molar-refractivity contribution in [3.8, 4) is 5.75 Å². The van der Waals surface area contributed by atoms with E-state index in [1.807, 2.05) is 0 Å². The minimum absolute atomic E-state index is 0.0188. The van der Waals surface area contributed by atoms with Crippen LogP contribution >= 0.6 is 0 Å². The van der Waals surface area contributed by atoms with Gasteiger partial charge in [0, 0.05) is 11.3 Å². The van der Waals surface area contributed by atoms with Crippen LogP contribution < -0.4 is 0 Å². The maximum atomic E-state index is 13.9. The average molecular weight is 576 g/mol. The number of ether oxygens (including phenoxy) is 2. The zero-order valence-corrected chi connectivity index (χ0v) is 21.2. The molecule has 1 aromatic heterocycles. The standard InChI is InChI=1S/C27H29NO13/c29-8-16-20(35)21(36)22(37)26(41-16)27(39)24-12(7-13(28-24)23-19(34)15(32)9-40-23)18(33)17(25(27)38)14(31)6-3-10-1-4-11(30)5-2-10/h1-7,15-16,19-23,26,28-30,32-37,39H,8-9H2/t15-,16-,19-,20-,21+,22-,23+,26-,27+/m1/s1. The second kappa shape index (κ2) is 10.8. The van der Waals surface area contributed by atoms with Gasteiger partial charge in [0.15, 0.2) is 11.4 Å². The monoisotopic (exact) mass is 575 g/mol. The summed E-state index contributed by atoms with van der Waals surface area (Å²) in [6, 6.07) is 6.83. The Morgan fingerprint density at radius 1 is 1.02 bits per heavy atom. The summed E-state index contributed by atoms with van der Waals surface area (Å²) in [6.07, 6.45) is -11.2. The number of carbonyl (C=O) groups is 2. The predicted molar refractivity (Wildman–Crippen MR) is 136 cm³/mol. The van der Waals surface area contributed by atoms with Crippen LogP contribution in [0.1, 0.15) is 28.6 Å². The van der Waals surface area contributed by atoms with E-state index in [9.17, 15) is 55.5 Å². The molecule has 2 saturated heterocycles. The van der Waals surface area contributed by atoms with Crippen molar-refractivity contribution in [3.63, 3.8) is 0 Å². The second-order valence-corrected chi connectivity index (χ2v) is 10.2. The van der Waals surface area contributed by atoms with Gasteiger partial charge in [0.25, 0.3) is 0 Å². The molecule has 3 heterocycles. The number of aromatic hydroxyl groups is 1. The topological polar surface area (TPSA) is 250 Å². The van der Waals surface area contributed by atoms with E-state index in [1.54, 1.807) is 0 Å². The number of ketones is 2. The van der Waals surface area contributed by atoms with Crippen LogP contribution in [-0.4, -0.2) is 118 Å². The van der Waals surface area contributed by atoms with Gasteiger partial charge in [-0.2, -0.15) is 0 Å². The second-order valence-electron chi connectivity index (χ2n) is 10.2. The number of aromatic amines is 1. The highest BCUT2D eigenvalue weighted by molar-refractivity contribution is 6.32. The van der Waals surface area contributed by atoms with E-state index in [2.05, 4.69) is 4.98 Å². The predicted octanol–water partition coefficient (Wildman–Crippen LogP) is -2.32. The van der Waals surface area contributed by atoms with E-state index in [0.29, 0.717) is 5.56 Å². The highest BCUT2D eigenvalue weighted by Crippen LogP contribution is 2.46. The summed E-state index contributed by atoms with van der Waals surface area (Å²) in [7, 11) is 0. The maximum absolute atomic E-state index is 13.9. The lowest BCUT2D eigenvalue weighted by atomic mass is 9.73. The van der Waals surface area contributed by atoms with Crippen LogP contribution in [-0.2, 0) is 24.7 Å². The molecule has 2 fully saturated rings. The van der Waals surface area contributed by atoms with Crippen molar-refractivity contribution in [1.82, 2.24) is 4.98 Å². The minimum Gasteiger partial charge on any atom is -0.508 e. The van der Waals surface area contributed by atoms with Crippen molar-refractivity contribution in [2.24, 2.45) is 0 Å². The lowest BCUT2D eigenvalue weighted by Gasteiger charge is -2.46. The van der Waals surface area contributed by atoms with E-state index in [4.69, 9.17) is 9.47 Å². The van der Waals surface area contributed by atoms with Gasteiger partial charge < -0.3 is 60.4 Å². The Kier molecular flexibility index (Phi) is 7.63. The van der Waals surface area contributed by atoms with Crippen molar-refractivity contribution in [2.45, 2.75) is 54.4 Å². The lowest BCUT2D eigenvalue weighted by molar-refractivity contribution is -0.268. The summed E-state index contributed by atoms with van der Waals surface area (Å²) in [5.41, 5.74) is -4.29. The maximum Gasteiger partial charge on any atom is 0.211 e. The number of benzene rings is 1. The van der Waals surface area contributed by atoms with Gasteiger partial charge in [0.2, 0.25) is 5.78 Å². The Balaban J connectivity index is 1.63. The van der Waals surface area contributed by atoms with Crippen LogP contribution in [0.4, 0.5) is 0 Å². The number of aliphatic hydroxyl groups excluding tert-OH is 7. The molecule has 9 atom stereocenters. The molecule has 0 bridgehead atoms. The number of hydrogen-bond acceptors (Lipinski definition) is 13. The van der Waals surface area contributed by atoms with E-state index >= 15 is 0 Å². The number of fused-ring (bicyclic) bond motifs is 1. The van der Waals surface area contributed by atoms with E-state index in [0.717, 1.165) is 6.08 Å². The molecule has 3 aliphatic rings. The Morgan fingerprint density at radius 3 is 2.32 bits per heavy atom. The van der Waals surface area contributed by atoms with Crippen molar-refractivity contribution in [3.05, 3.63) is 64.5 Å². The third-order valence-corrected chi connectivity index (χ3v) is 7.61. The van der Waals surface area contributed by atoms with Gasteiger partial charge in [0.05, 0.1) is 18.9 Å². The lowest BCUT2D eigenvalue weighted by Crippen LogP contribution is -2.67. The first kappa shape index (κ1) is 29.1. The molecule has 14 heteroatoms. The first-order valence-electron chi connectivity index (χ1n) is 12.6. The van der Waals surface area contributed by atoms with Gasteiger partial charge in [-0.3, -0.25) is 9.59 Å². The molecule has 220 valence electrons. The highest BCUT2D eigenvalue weighted by atomic mass is 16.6. The fourth-order valence-corrected chi connectivity index (χ4v) is 5.33. The highest BCUT2D eigenvalue weighted by Gasteiger charge is 2.61. The SMILES string of the molecule is O=C(C=Cc1ccc(O)cc1)C1=C(O)c2cc([C@@H]3OC[C@@H](O)[C@H]3O)[nH]c2[C@@](O)([C@@H]2O[C@H](CO)[C@@H](O)[C@H](O)[C@H]2O)C1=O. The fourth-order valence-electron chi connectivity index (χ4n) is 5.33. The van der Waals surface area contributed by atoms with Crippen molar-refractivity contribution >= 4 is 23.4 Å². The van der Waals surface area contributed by atoms with Crippen molar-refractivity contribution in [1.29, 1.82) is 0 Å². The largest absolute Gasteiger partial charge is 0.508 e. The molecular formula is C27H29NO13. The third-order valence-electron chi connectivity index (χ3n) is 7.61. The Labute approximate surface area is 231 Å². The Hall–Kier alpha value is -3.44. The number of aromatic nitrogens is 1. The number of aliphatic hydroxyl groups is 8. The summed E-state index contributed by atoms with van der Waals surface area (Å²) >= 11 is 0. The molecule has 2 aromatic rings. The van der Waals surface area contributed by atoms with Crippen LogP contribution in [0, 0.1) is 0 Å². The summed E-state index contributed by atoms with van der Waals surface area (Å²) in [6.45, 7) is -1.13. The normalized spacial score (nSPS) is 35.7. The number of Topliss-reactive ketones (excluding diaryl/α,β-unsaturated/α-hetero) is 1. The first-order valence-corrected chi connectivity index (χ1v) is 12.6. The number of allylic oxidation sites excluding steroid dienone is 1. The molecule has 0 saturated carbocycles. The number of hydrogen-bond donors (Lipinski definition) is 10. The van der Waals surface area contributed by atoms with Crippen molar-refractivity contribution in [2.75, 3.05) is 13.2 Å². The molecule has 5 rings (SSSR count). The summed E-state index contributed by atoms with van der Waals surface area (Å²) in [5, 5.41) is 93.9. The van der Waals surface area contributed by atoms with Crippen LogP contribution in [0.2, 0.25) is 0 Å². The molecule has 14 nitrogen and oxygen atoms in total. The number of nitrogens with one attached hydrogen (secondary N) is 1. The number of phenolic OH excluding ortho intramolecular Hbond substituents is 1. The van der Waals surface area contributed by atoms with Gasteiger partial charge in [0.1, 0.15) is 65.9 Å². The molecule has 10 N–H and O–H groups in total. The number of rotatable bonds is 6. The van der Waals surface area contributed by atoms with Gasteiger partial charge in [-0.25, -0.2) is 0 Å². The number of H-pyrrole nitrogens is 1. The molecule has 1 aromatic carbocycles. The van der Waals surface area contributed by atoms with Gasteiger partial charge in [-0.05, 0) is 29.8 Å². The Bertz CT molecular complexity index is 1400. The van der Waals surface area contributed by atoms with E-state index in [1.165, 1.54) is 36.4 Å². The number of phenols is 1. The van der Waals surface area contributed by atoms with Gasteiger partial charge in [-0.1, -0.05) is 18.2 Å². The molecule has 2 aliphatic heterocycles. The zero-order chi connectivity index (χ0) is 29.8. The van der Waals surface area contributed by atoms with Crippen LogP contribution in [0.5, 0.6) is 5.75 Å². The third kappa shape index (κ3) is 4.68. The summed E-state index contributed by atoms with van der Waals surface area (Å²) in [4.78, 5) is 29.9. The van der Waals surface area contributed by atoms with Gasteiger partial charge in [-0.15, -0.1) is 0 Å². The van der Waals surface area contributed by atoms with E-state index < -0.39 is 89.6 Å². The molecule has 1 aliphatic carbocycles. The molecule has 41 heavy (non-hydrogen) atoms. The molecule has 0 amide bonds. The number of carbonyl (C=O) groups excluding carboxylic acids is 2. The summed E-state index contributed by atoms with van der Waals surface area (Å²) < 4.78 is 10.9.